The Bertz CT molecular complexity index is 322. The number of methoxy groups -OCH3 is 1. The lowest BCUT2D eigenvalue weighted by atomic mass is 9.96. The van der Waals surface area contributed by atoms with Gasteiger partial charge in [-0.2, -0.15) is 5.10 Å². The molecule has 1 aromatic rings. The van der Waals surface area contributed by atoms with Gasteiger partial charge in [0.25, 0.3) is 0 Å². The van der Waals surface area contributed by atoms with E-state index in [1.54, 1.807) is 13.3 Å². The fourth-order valence-electron chi connectivity index (χ4n) is 1.75. The van der Waals surface area contributed by atoms with Crippen LogP contribution in [0.3, 0.4) is 0 Å². The van der Waals surface area contributed by atoms with Crippen molar-refractivity contribution in [2.24, 2.45) is 5.84 Å². The quantitative estimate of drug-likeness (QED) is 0.565. The molecule has 0 saturated carbocycles. The smallest absolute Gasteiger partial charge is 0.0912 e. The molecule has 0 saturated heterocycles. The summed E-state index contributed by atoms with van der Waals surface area (Å²) < 4.78 is 7.43. The number of rotatable bonds is 6. The van der Waals surface area contributed by atoms with E-state index in [2.05, 4.69) is 17.4 Å². The van der Waals surface area contributed by atoms with Crippen LogP contribution in [0.1, 0.15) is 38.9 Å². The first kappa shape index (κ1) is 13.2. The van der Waals surface area contributed by atoms with Crippen LogP contribution in [0, 0.1) is 0 Å². The van der Waals surface area contributed by atoms with E-state index in [1.165, 1.54) is 0 Å². The zero-order chi connectivity index (χ0) is 12.2. The number of hydrogen-bond acceptors (Lipinski definition) is 4. The summed E-state index contributed by atoms with van der Waals surface area (Å²) in [5, 5.41) is 4.29. The number of nitrogens with one attached hydrogen (secondary N) is 1. The molecule has 1 heterocycles. The molecule has 0 fully saturated rings. The van der Waals surface area contributed by atoms with Crippen LogP contribution < -0.4 is 11.3 Å². The third-order valence-electron chi connectivity index (χ3n) is 2.87. The van der Waals surface area contributed by atoms with Crippen molar-refractivity contribution in [3.05, 3.63) is 18.0 Å². The van der Waals surface area contributed by atoms with Gasteiger partial charge in [0.15, 0.2) is 0 Å². The standard InChI is InChI=1S/C11H22N4O/c1-5-8-15-9(6-7-13-15)10(14-12)11(2,3)16-4/h6-7,10,14H,5,8,12H2,1-4H3. The molecule has 0 spiro atoms. The third-order valence-corrected chi connectivity index (χ3v) is 2.87. The fraction of sp³-hybridized carbons (Fsp3) is 0.727. The summed E-state index contributed by atoms with van der Waals surface area (Å²) in [5.74, 6) is 5.62. The highest BCUT2D eigenvalue weighted by atomic mass is 16.5. The fourth-order valence-corrected chi connectivity index (χ4v) is 1.75. The normalized spacial score (nSPS) is 14.1. The number of hydrogen-bond donors (Lipinski definition) is 2. The van der Waals surface area contributed by atoms with Crippen LogP contribution >= 0.6 is 0 Å². The van der Waals surface area contributed by atoms with Crippen molar-refractivity contribution in [3.8, 4) is 0 Å². The molecular weight excluding hydrogens is 204 g/mol. The van der Waals surface area contributed by atoms with E-state index in [0.29, 0.717) is 0 Å². The average Bonchev–Trinajstić information content (AvgIpc) is 2.68. The lowest BCUT2D eigenvalue weighted by Gasteiger charge is -2.32. The minimum absolute atomic E-state index is 0.0773. The minimum Gasteiger partial charge on any atom is -0.377 e. The Morgan fingerprint density at radius 2 is 2.31 bits per heavy atom. The largest absolute Gasteiger partial charge is 0.377 e. The maximum atomic E-state index is 5.62. The summed E-state index contributed by atoms with van der Waals surface area (Å²) in [4.78, 5) is 0. The molecule has 1 aromatic heterocycles. The van der Waals surface area contributed by atoms with Crippen LogP contribution in [0.2, 0.25) is 0 Å². The first-order chi connectivity index (χ1) is 7.56. The number of nitrogens with two attached hydrogens (primary N) is 1. The maximum absolute atomic E-state index is 5.62. The van der Waals surface area contributed by atoms with Crippen LogP contribution in [-0.4, -0.2) is 22.5 Å². The van der Waals surface area contributed by atoms with Crippen LogP contribution in [0.5, 0.6) is 0 Å². The molecule has 0 amide bonds. The molecule has 3 N–H and O–H groups in total. The Hall–Kier alpha value is -0.910. The molecule has 5 nitrogen and oxygen atoms in total. The molecular formula is C11H22N4O. The second kappa shape index (κ2) is 5.43. The number of ether oxygens (including phenoxy) is 1. The first-order valence-corrected chi connectivity index (χ1v) is 5.59. The van der Waals surface area contributed by atoms with Gasteiger partial charge in [-0.05, 0) is 26.3 Å². The average molecular weight is 226 g/mol. The van der Waals surface area contributed by atoms with E-state index in [0.717, 1.165) is 18.7 Å². The van der Waals surface area contributed by atoms with Crippen LogP contribution in [-0.2, 0) is 11.3 Å². The highest BCUT2D eigenvalue weighted by molar-refractivity contribution is 5.11. The Kier molecular flexibility index (Phi) is 4.46. The molecule has 1 rings (SSSR count). The third kappa shape index (κ3) is 2.61. The van der Waals surface area contributed by atoms with E-state index in [1.807, 2.05) is 24.6 Å². The monoisotopic (exact) mass is 226 g/mol. The second-order valence-electron chi connectivity index (χ2n) is 4.39. The van der Waals surface area contributed by atoms with E-state index in [-0.39, 0.29) is 11.6 Å². The molecule has 0 bridgehead atoms. The molecule has 0 radical (unpaired) electrons. The van der Waals surface area contributed by atoms with Gasteiger partial charge in [0.2, 0.25) is 0 Å². The summed E-state index contributed by atoms with van der Waals surface area (Å²) in [5.41, 5.74) is 3.49. The molecule has 1 unspecified atom stereocenters. The summed E-state index contributed by atoms with van der Waals surface area (Å²) >= 11 is 0. The van der Waals surface area contributed by atoms with Gasteiger partial charge in [-0.3, -0.25) is 10.5 Å². The zero-order valence-corrected chi connectivity index (χ0v) is 10.5. The van der Waals surface area contributed by atoms with Crippen molar-refractivity contribution in [1.82, 2.24) is 15.2 Å². The SMILES string of the molecule is CCCn1nccc1C(NN)C(C)(C)OC. The highest BCUT2D eigenvalue weighted by Crippen LogP contribution is 2.27. The van der Waals surface area contributed by atoms with E-state index in [4.69, 9.17) is 10.6 Å². The Morgan fingerprint density at radius 3 is 2.81 bits per heavy atom. The predicted molar refractivity (Wildman–Crippen MR) is 63.7 cm³/mol. The summed E-state index contributed by atoms with van der Waals surface area (Å²) in [6, 6.07) is 1.90. The van der Waals surface area contributed by atoms with Crippen molar-refractivity contribution in [2.75, 3.05) is 7.11 Å². The first-order valence-electron chi connectivity index (χ1n) is 5.59. The number of aryl methyl sites for hydroxylation is 1. The van der Waals surface area contributed by atoms with Crippen molar-refractivity contribution in [2.45, 2.75) is 45.4 Å². The lowest BCUT2D eigenvalue weighted by molar-refractivity contribution is -0.0136. The second-order valence-corrected chi connectivity index (χ2v) is 4.39. The Morgan fingerprint density at radius 1 is 1.62 bits per heavy atom. The molecule has 0 aliphatic heterocycles. The van der Waals surface area contributed by atoms with Gasteiger partial charge < -0.3 is 4.74 Å². The summed E-state index contributed by atoms with van der Waals surface area (Å²) in [6.07, 6.45) is 2.83. The van der Waals surface area contributed by atoms with Gasteiger partial charge in [0.1, 0.15) is 0 Å². The number of nitrogens with zero attached hydrogens (tertiary/aromatic N) is 2. The minimum atomic E-state index is -0.375. The Labute approximate surface area is 96.9 Å². The molecule has 0 aliphatic rings. The Balaban J connectivity index is 2.99. The van der Waals surface area contributed by atoms with Crippen LogP contribution in [0.25, 0.3) is 0 Å². The zero-order valence-electron chi connectivity index (χ0n) is 10.5. The van der Waals surface area contributed by atoms with Gasteiger partial charge in [-0.15, -0.1) is 0 Å². The molecule has 5 heteroatoms. The van der Waals surface area contributed by atoms with Gasteiger partial charge in [0.05, 0.1) is 17.3 Å². The number of aromatic nitrogens is 2. The van der Waals surface area contributed by atoms with Gasteiger partial charge in [0, 0.05) is 19.9 Å². The lowest BCUT2D eigenvalue weighted by Crippen LogP contribution is -2.45. The molecule has 0 aromatic carbocycles. The molecule has 92 valence electrons. The molecule has 0 aliphatic carbocycles. The number of hydrazine groups is 1. The van der Waals surface area contributed by atoms with Crippen molar-refractivity contribution < 1.29 is 4.74 Å². The van der Waals surface area contributed by atoms with Crippen LogP contribution in [0.4, 0.5) is 0 Å². The van der Waals surface area contributed by atoms with E-state index in [9.17, 15) is 0 Å². The summed E-state index contributed by atoms with van der Waals surface area (Å²) in [7, 11) is 1.69. The van der Waals surface area contributed by atoms with Gasteiger partial charge in [-0.25, -0.2) is 5.43 Å². The van der Waals surface area contributed by atoms with Crippen molar-refractivity contribution in [3.63, 3.8) is 0 Å². The summed E-state index contributed by atoms with van der Waals surface area (Å²) in [6.45, 7) is 7.01. The van der Waals surface area contributed by atoms with Crippen LogP contribution in [0.15, 0.2) is 12.3 Å². The van der Waals surface area contributed by atoms with Gasteiger partial charge >= 0.3 is 0 Å². The highest BCUT2D eigenvalue weighted by Gasteiger charge is 2.32. The maximum Gasteiger partial charge on any atom is 0.0912 e. The van der Waals surface area contributed by atoms with Crippen molar-refractivity contribution >= 4 is 0 Å². The topological polar surface area (TPSA) is 65.1 Å². The van der Waals surface area contributed by atoms with Gasteiger partial charge in [-0.1, -0.05) is 6.92 Å². The van der Waals surface area contributed by atoms with Crippen molar-refractivity contribution in [1.29, 1.82) is 0 Å². The molecule has 1 atom stereocenters. The van der Waals surface area contributed by atoms with E-state index < -0.39 is 0 Å². The molecule has 16 heavy (non-hydrogen) atoms. The predicted octanol–water partition coefficient (Wildman–Crippen LogP) is 1.22. The van der Waals surface area contributed by atoms with E-state index >= 15 is 0 Å².